The van der Waals surface area contributed by atoms with Crippen LogP contribution in [0.4, 0.5) is 0 Å². The summed E-state index contributed by atoms with van der Waals surface area (Å²) in [6.07, 6.45) is 3.46. The van der Waals surface area contributed by atoms with Crippen LogP contribution in [-0.4, -0.2) is 19.8 Å². The molecule has 0 fully saturated rings. The Hall–Kier alpha value is -0.860. The maximum atomic E-state index is 5.58. The molecule has 2 heteroatoms. The van der Waals surface area contributed by atoms with Crippen LogP contribution in [0.25, 0.3) is 0 Å². The van der Waals surface area contributed by atoms with Crippen LogP contribution in [0.5, 0.6) is 0 Å². The van der Waals surface area contributed by atoms with Crippen LogP contribution in [-0.2, 0) is 4.74 Å². The molecule has 0 radical (unpaired) electrons. The lowest BCUT2D eigenvalue weighted by molar-refractivity contribution is 0.128. The molecule has 0 spiro atoms. The highest BCUT2D eigenvalue weighted by atomic mass is 16.5. The molecule has 1 aromatic rings. The Balaban J connectivity index is 2.34. The molecule has 0 aliphatic heterocycles. The lowest BCUT2D eigenvalue weighted by Gasteiger charge is -2.20. The van der Waals surface area contributed by atoms with Crippen LogP contribution in [0.15, 0.2) is 12.1 Å². The summed E-state index contributed by atoms with van der Waals surface area (Å²) in [5.41, 5.74) is 5.58. The maximum absolute atomic E-state index is 5.58. The molecular weight excluding hydrogens is 246 g/mol. The largest absolute Gasteiger partial charge is 0.381 e. The molecule has 0 aromatic heterocycles. The van der Waals surface area contributed by atoms with Crippen LogP contribution in [0.3, 0.4) is 0 Å². The number of rotatable bonds is 9. The van der Waals surface area contributed by atoms with E-state index >= 15 is 0 Å². The number of benzene rings is 1. The Morgan fingerprint density at radius 3 is 2.25 bits per heavy atom. The van der Waals surface area contributed by atoms with E-state index in [0.717, 1.165) is 26.2 Å². The minimum atomic E-state index is 0.409. The molecule has 0 aliphatic rings. The van der Waals surface area contributed by atoms with E-state index in [9.17, 15) is 0 Å². The smallest absolute Gasteiger partial charge is 0.0478 e. The van der Waals surface area contributed by atoms with Gasteiger partial charge >= 0.3 is 0 Å². The second-order valence-electron chi connectivity index (χ2n) is 5.81. The number of unbranched alkanes of at least 4 members (excludes halogenated alkanes) is 1. The van der Waals surface area contributed by atoms with Gasteiger partial charge in [0.15, 0.2) is 0 Å². The summed E-state index contributed by atoms with van der Waals surface area (Å²) < 4.78 is 5.58. The van der Waals surface area contributed by atoms with Gasteiger partial charge in [0, 0.05) is 19.3 Å². The van der Waals surface area contributed by atoms with Crippen molar-refractivity contribution in [3.05, 3.63) is 34.4 Å². The van der Waals surface area contributed by atoms with Gasteiger partial charge in [0.25, 0.3) is 0 Å². The quantitative estimate of drug-likeness (QED) is 0.672. The zero-order valence-electron chi connectivity index (χ0n) is 13.9. The Morgan fingerprint density at radius 2 is 1.65 bits per heavy atom. The van der Waals surface area contributed by atoms with Gasteiger partial charge in [0.2, 0.25) is 0 Å². The van der Waals surface area contributed by atoms with Gasteiger partial charge < -0.3 is 10.1 Å². The first-order valence-corrected chi connectivity index (χ1v) is 7.95. The second-order valence-corrected chi connectivity index (χ2v) is 5.81. The number of hydrogen-bond donors (Lipinski definition) is 1. The van der Waals surface area contributed by atoms with Gasteiger partial charge in [-0.1, -0.05) is 31.0 Å². The fourth-order valence-electron chi connectivity index (χ4n) is 2.82. The van der Waals surface area contributed by atoms with Crippen LogP contribution in [0, 0.1) is 20.8 Å². The minimum Gasteiger partial charge on any atom is -0.381 e. The standard InChI is InChI=1S/C18H31NO/c1-6-7-10-20-11-8-9-19-17(5)18-15(3)12-14(2)13-16(18)4/h12-13,17,19H,6-11H2,1-5H3. The summed E-state index contributed by atoms with van der Waals surface area (Å²) in [6.45, 7) is 13.8. The molecule has 0 saturated carbocycles. The number of ether oxygens (including phenoxy) is 1. The molecule has 1 unspecified atom stereocenters. The summed E-state index contributed by atoms with van der Waals surface area (Å²) in [6, 6.07) is 4.95. The Kier molecular flexibility index (Phi) is 7.86. The van der Waals surface area contributed by atoms with Crippen molar-refractivity contribution >= 4 is 0 Å². The van der Waals surface area contributed by atoms with Crippen molar-refractivity contribution in [2.75, 3.05) is 19.8 Å². The minimum absolute atomic E-state index is 0.409. The molecular formula is C18H31NO. The highest BCUT2D eigenvalue weighted by Crippen LogP contribution is 2.23. The zero-order valence-corrected chi connectivity index (χ0v) is 13.9. The third kappa shape index (κ3) is 5.64. The average Bonchev–Trinajstić information content (AvgIpc) is 2.36. The normalized spacial score (nSPS) is 12.7. The molecule has 2 nitrogen and oxygen atoms in total. The Morgan fingerprint density at radius 1 is 1.05 bits per heavy atom. The van der Waals surface area contributed by atoms with Crippen molar-refractivity contribution in [2.45, 2.75) is 59.9 Å². The van der Waals surface area contributed by atoms with Crippen molar-refractivity contribution in [1.82, 2.24) is 5.32 Å². The molecule has 1 aromatic carbocycles. The fraction of sp³-hybridized carbons (Fsp3) is 0.667. The lowest BCUT2D eigenvalue weighted by atomic mass is 9.95. The van der Waals surface area contributed by atoms with E-state index in [1.165, 1.54) is 35.1 Å². The first-order valence-electron chi connectivity index (χ1n) is 7.95. The van der Waals surface area contributed by atoms with Gasteiger partial charge in [-0.15, -0.1) is 0 Å². The summed E-state index contributed by atoms with van der Waals surface area (Å²) in [4.78, 5) is 0. The summed E-state index contributed by atoms with van der Waals surface area (Å²) in [7, 11) is 0. The van der Waals surface area contributed by atoms with E-state index in [4.69, 9.17) is 4.74 Å². The topological polar surface area (TPSA) is 21.3 Å². The predicted molar refractivity (Wildman–Crippen MR) is 87.4 cm³/mol. The molecule has 1 N–H and O–H groups in total. The van der Waals surface area contributed by atoms with E-state index in [1.807, 2.05) is 0 Å². The second kappa shape index (κ2) is 9.15. The van der Waals surface area contributed by atoms with Crippen molar-refractivity contribution in [2.24, 2.45) is 0 Å². The summed E-state index contributed by atoms with van der Waals surface area (Å²) in [5, 5.41) is 3.61. The molecule has 0 heterocycles. The Bertz CT molecular complexity index is 377. The SMILES string of the molecule is CCCCOCCCNC(C)c1c(C)cc(C)cc1C. The first-order chi connectivity index (χ1) is 9.56. The fourth-order valence-corrected chi connectivity index (χ4v) is 2.82. The monoisotopic (exact) mass is 277 g/mol. The molecule has 0 bridgehead atoms. The average molecular weight is 277 g/mol. The van der Waals surface area contributed by atoms with Crippen molar-refractivity contribution < 1.29 is 4.74 Å². The van der Waals surface area contributed by atoms with Gasteiger partial charge in [-0.2, -0.15) is 0 Å². The van der Waals surface area contributed by atoms with Crippen LogP contribution in [0.2, 0.25) is 0 Å². The predicted octanol–water partition coefficient (Wildman–Crippen LogP) is 4.47. The zero-order chi connectivity index (χ0) is 15.0. The molecule has 0 saturated heterocycles. The number of nitrogens with one attached hydrogen (secondary N) is 1. The van der Waals surface area contributed by atoms with E-state index in [0.29, 0.717) is 6.04 Å². The Labute approximate surface area is 124 Å². The van der Waals surface area contributed by atoms with Crippen molar-refractivity contribution in [3.63, 3.8) is 0 Å². The van der Waals surface area contributed by atoms with Gasteiger partial charge in [-0.3, -0.25) is 0 Å². The molecule has 20 heavy (non-hydrogen) atoms. The highest BCUT2D eigenvalue weighted by molar-refractivity contribution is 5.39. The number of aryl methyl sites for hydroxylation is 3. The maximum Gasteiger partial charge on any atom is 0.0478 e. The number of hydrogen-bond acceptors (Lipinski definition) is 2. The lowest BCUT2D eigenvalue weighted by Crippen LogP contribution is -2.22. The molecule has 1 atom stereocenters. The van der Waals surface area contributed by atoms with Gasteiger partial charge in [-0.25, -0.2) is 0 Å². The van der Waals surface area contributed by atoms with Crippen molar-refractivity contribution in [3.8, 4) is 0 Å². The third-order valence-corrected chi connectivity index (χ3v) is 3.73. The third-order valence-electron chi connectivity index (χ3n) is 3.73. The molecule has 0 amide bonds. The van der Waals surface area contributed by atoms with E-state index < -0.39 is 0 Å². The van der Waals surface area contributed by atoms with Crippen molar-refractivity contribution in [1.29, 1.82) is 0 Å². The van der Waals surface area contributed by atoms with E-state index in [1.54, 1.807) is 0 Å². The van der Waals surface area contributed by atoms with Gasteiger partial charge in [0.05, 0.1) is 0 Å². The van der Waals surface area contributed by atoms with Crippen LogP contribution >= 0.6 is 0 Å². The van der Waals surface area contributed by atoms with Crippen LogP contribution < -0.4 is 5.32 Å². The van der Waals surface area contributed by atoms with E-state index in [-0.39, 0.29) is 0 Å². The summed E-state index contributed by atoms with van der Waals surface area (Å²) >= 11 is 0. The highest BCUT2D eigenvalue weighted by Gasteiger charge is 2.11. The summed E-state index contributed by atoms with van der Waals surface area (Å²) in [5.74, 6) is 0. The van der Waals surface area contributed by atoms with E-state index in [2.05, 4.69) is 52.1 Å². The molecule has 1 rings (SSSR count). The van der Waals surface area contributed by atoms with Gasteiger partial charge in [0.1, 0.15) is 0 Å². The molecule has 0 aliphatic carbocycles. The molecule has 114 valence electrons. The van der Waals surface area contributed by atoms with Gasteiger partial charge in [-0.05, 0) is 63.8 Å². The van der Waals surface area contributed by atoms with Crippen LogP contribution in [0.1, 0.15) is 61.4 Å². The first kappa shape index (κ1) is 17.2.